The summed E-state index contributed by atoms with van der Waals surface area (Å²) in [7, 11) is 0. The quantitative estimate of drug-likeness (QED) is 0.398. The van der Waals surface area contributed by atoms with Gasteiger partial charge in [0.15, 0.2) is 5.96 Å². The average Bonchev–Trinajstić information content (AvgIpc) is 3.10. The van der Waals surface area contributed by atoms with Crippen LogP contribution in [0.4, 0.5) is 0 Å². The number of aromatic hydroxyl groups is 1. The van der Waals surface area contributed by atoms with Crippen molar-refractivity contribution in [3.63, 3.8) is 0 Å². The molecule has 3 aliphatic rings. The number of rotatable bonds is 5. The second kappa shape index (κ2) is 6.79. The molecule has 6 N–H and O–H groups in total. The Hall–Kier alpha value is -3.57. The molecule has 2 unspecified atom stereocenters. The molecule has 12 heteroatoms. The van der Waals surface area contributed by atoms with Crippen molar-refractivity contribution in [1.82, 2.24) is 35.8 Å². The molecule has 1 saturated carbocycles. The molecule has 2 aromatic rings. The fourth-order valence-corrected chi connectivity index (χ4v) is 3.41. The summed E-state index contributed by atoms with van der Waals surface area (Å²) in [6.45, 7) is 2.36. The number of hydrogen-bond donors (Lipinski definition) is 6. The van der Waals surface area contributed by atoms with Gasteiger partial charge in [0.2, 0.25) is 11.8 Å². The first-order valence-corrected chi connectivity index (χ1v) is 9.55. The summed E-state index contributed by atoms with van der Waals surface area (Å²) in [6, 6.07) is 2.26. The van der Waals surface area contributed by atoms with Crippen molar-refractivity contribution in [3.05, 3.63) is 33.6 Å². The Morgan fingerprint density at radius 1 is 1.34 bits per heavy atom. The third kappa shape index (κ3) is 3.60. The molecule has 2 aliphatic heterocycles. The van der Waals surface area contributed by atoms with Crippen LogP contribution < -0.4 is 16.3 Å². The first-order valence-electron chi connectivity index (χ1n) is 9.55. The van der Waals surface area contributed by atoms with Crippen LogP contribution in [0, 0.1) is 12.8 Å². The van der Waals surface area contributed by atoms with Gasteiger partial charge in [0.1, 0.15) is 6.17 Å². The summed E-state index contributed by atoms with van der Waals surface area (Å²) < 4.78 is 0. The van der Waals surface area contributed by atoms with Crippen LogP contribution in [0.1, 0.15) is 29.9 Å². The van der Waals surface area contributed by atoms with Gasteiger partial charge < -0.3 is 15.4 Å². The Bertz CT molecular complexity index is 1060. The van der Waals surface area contributed by atoms with E-state index in [1.54, 1.807) is 11.2 Å². The van der Waals surface area contributed by atoms with Crippen molar-refractivity contribution in [2.75, 3.05) is 0 Å². The van der Waals surface area contributed by atoms with Gasteiger partial charge in [-0.3, -0.25) is 15.4 Å². The lowest BCUT2D eigenvalue weighted by Gasteiger charge is -2.35. The number of hydrazone groups is 1. The highest BCUT2D eigenvalue weighted by Crippen LogP contribution is 2.27. The van der Waals surface area contributed by atoms with Gasteiger partial charge in [-0.1, -0.05) is 0 Å². The number of guanidine groups is 2. The zero-order valence-electron chi connectivity index (χ0n) is 15.8. The van der Waals surface area contributed by atoms with Gasteiger partial charge in [-0.05, 0) is 25.8 Å². The second-order valence-electron chi connectivity index (χ2n) is 7.49. The summed E-state index contributed by atoms with van der Waals surface area (Å²) in [4.78, 5) is 25.7. The number of aryl methyl sites for hydroxylation is 1. The molecule has 1 aliphatic carbocycles. The fourth-order valence-electron chi connectivity index (χ4n) is 3.41. The van der Waals surface area contributed by atoms with Crippen LogP contribution >= 0.6 is 0 Å². The summed E-state index contributed by atoms with van der Waals surface area (Å²) >= 11 is 0. The zero-order valence-corrected chi connectivity index (χ0v) is 15.8. The largest absolute Gasteiger partial charge is 0.493 e. The van der Waals surface area contributed by atoms with Gasteiger partial charge in [0.25, 0.3) is 0 Å². The van der Waals surface area contributed by atoms with E-state index in [2.05, 4.69) is 40.9 Å². The number of H-pyrrole nitrogens is 3. The van der Waals surface area contributed by atoms with Crippen LogP contribution in [-0.4, -0.2) is 60.6 Å². The molecule has 0 bridgehead atoms. The number of aromatic nitrogens is 4. The summed E-state index contributed by atoms with van der Waals surface area (Å²) in [6.07, 6.45) is 4.12. The molecule has 12 nitrogen and oxygen atoms in total. The minimum atomic E-state index is -0.435. The number of fused-ring (bicyclic) bond motifs is 1. The average molecular weight is 398 g/mol. The van der Waals surface area contributed by atoms with Crippen molar-refractivity contribution >= 4 is 18.1 Å². The van der Waals surface area contributed by atoms with Crippen LogP contribution in [0.5, 0.6) is 5.88 Å². The van der Waals surface area contributed by atoms with Gasteiger partial charge in [0, 0.05) is 24.2 Å². The second-order valence-corrected chi connectivity index (χ2v) is 7.49. The minimum absolute atomic E-state index is 0.100. The van der Waals surface area contributed by atoms with E-state index in [1.807, 2.05) is 13.0 Å². The third-order valence-corrected chi connectivity index (χ3v) is 5.02. The smallest absolute Gasteiger partial charge is 0.325 e. The third-order valence-electron chi connectivity index (χ3n) is 5.02. The standard InChI is InChI=1S/C17H22N10O2/c1-8-4-11(26-25-8)7-18-15-22-13-9(5-12-14(28)23-17(29)21-12)6-19-27(13)16(24-15)20-10-2-3-10/h4,6,9-10,13,28H,2-3,5,7H2,1H3,(H,25,26)(H2,21,23,29)(H2,18,20,22,24). The molecule has 152 valence electrons. The van der Waals surface area contributed by atoms with Crippen molar-refractivity contribution < 1.29 is 5.11 Å². The van der Waals surface area contributed by atoms with E-state index in [0.29, 0.717) is 36.6 Å². The van der Waals surface area contributed by atoms with Crippen molar-refractivity contribution in [1.29, 1.82) is 0 Å². The number of hydrogen-bond acceptors (Lipinski definition) is 6. The number of imidazole rings is 1. The maximum Gasteiger partial charge on any atom is 0.325 e. The first-order chi connectivity index (χ1) is 14.0. The van der Waals surface area contributed by atoms with E-state index < -0.39 is 5.69 Å². The lowest BCUT2D eigenvalue weighted by atomic mass is 10.0. The molecule has 0 radical (unpaired) electrons. The molecule has 29 heavy (non-hydrogen) atoms. The number of nitrogens with one attached hydrogen (secondary N) is 5. The minimum Gasteiger partial charge on any atom is -0.493 e. The van der Waals surface area contributed by atoms with E-state index >= 15 is 0 Å². The Morgan fingerprint density at radius 3 is 2.90 bits per heavy atom. The Kier molecular flexibility index (Phi) is 4.11. The van der Waals surface area contributed by atoms with E-state index in [0.717, 1.165) is 24.2 Å². The highest BCUT2D eigenvalue weighted by molar-refractivity contribution is 6.02. The zero-order chi connectivity index (χ0) is 20.0. The maximum absolute atomic E-state index is 11.4. The van der Waals surface area contributed by atoms with Gasteiger partial charge >= 0.3 is 5.69 Å². The Balaban J connectivity index is 1.38. The highest BCUT2D eigenvalue weighted by Gasteiger charge is 2.40. The molecule has 2 aromatic heterocycles. The molecule has 5 rings (SSSR count). The van der Waals surface area contributed by atoms with E-state index in [-0.39, 0.29) is 18.0 Å². The van der Waals surface area contributed by atoms with Crippen molar-refractivity contribution in [2.24, 2.45) is 21.0 Å². The van der Waals surface area contributed by atoms with Crippen LogP contribution in [0.3, 0.4) is 0 Å². The van der Waals surface area contributed by atoms with Gasteiger partial charge in [-0.15, -0.1) is 0 Å². The van der Waals surface area contributed by atoms with Crippen LogP contribution in [0.2, 0.25) is 0 Å². The monoisotopic (exact) mass is 398 g/mol. The fraction of sp³-hybridized carbons (Fsp3) is 0.471. The van der Waals surface area contributed by atoms with Gasteiger partial charge in [-0.25, -0.2) is 19.8 Å². The van der Waals surface area contributed by atoms with Gasteiger partial charge in [0.05, 0.1) is 24.0 Å². The Morgan fingerprint density at radius 2 is 2.21 bits per heavy atom. The summed E-state index contributed by atoms with van der Waals surface area (Å²) in [5.41, 5.74) is 1.84. The molecule has 0 spiro atoms. The van der Waals surface area contributed by atoms with E-state index in [1.165, 1.54) is 0 Å². The van der Waals surface area contributed by atoms with Crippen LogP contribution in [0.15, 0.2) is 25.9 Å². The molecule has 4 heterocycles. The predicted octanol–water partition coefficient (Wildman–Crippen LogP) is -0.506. The van der Waals surface area contributed by atoms with Gasteiger partial charge in [-0.2, -0.15) is 10.2 Å². The molecule has 0 amide bonds. The summed E-state index contributed by atoms with van der Waals surface area (Å²) in [5.74, 6) is 0.995. The lowest BCUT2D eigenvalue weighted by molar-refractivity contribution is 0.266. The van der Waals surface area contributed by atoms with Crippen LogP contribution in [-0.2, 0) is 13.0 Å². The molecular weight excluding hydrogens is 376 g/mol. The SMILES string of the molecule is Cc1cc(CN=C2NC(=NC3CC3)N3N=CC(Cc4[nH]c(=O)[nH]c4O)C3N2)n[nH]1. The number of nitrogens with zero attached hydrogens (tertiary/aromatic N) is 5. The number of aromatic amines is 3. The molecule has 2 fully saturated rings. The Labute approximate surface area is 165 Å². The normalized spacial score (nSPS) is 26.0. The van der Waals surface area contributed by atoms with Crippen molar-refractivity contribution in [3.8, 4) is 5.88 Å². The van der Waals surface area contributed by atoms with Crippen molar-refractivity contribution in [2.45, 2.75) is 44.9 Å². The lowest BCUT2D eigenvalue weighted by Crippen LogP contribution is -2.63. The molecule has 2 atom stereocenters. The predicted molar refractivity (Wildman–Crippen MR) is 106 cm³/mol. The summed E-state index contributed by atoms with van der Waals surface area (Å²) in [5, 5.41) is 29.9. The van der Waals surface area contributed by atoms with E-state index in [9.17, 15) is 9.90 Å². The molecule has 1 saturated heterocycles. The number of aliphatic imine (C=N–C) groups is 2. The van der Waals surface area contributed by atoms with Crippen LogP contribution in [0.25, 0.3) is 0 Å². The molecule has 0 aromatic carbocycles. The maximum atomic E-state index is 11.4. The molecular formula is C17H22N10O2. The topological polar surface area (TPSA) is 162 Å². The highest BCUT2D eigenvalue weighted by atomic mass is 16.3. The first kappa shape index (κ1) is 17.5. The van der Waals surface area contributed by atoms with E-state index in [4.69, 9.17) is 4.99 Å².